The van der Waals surface area contributed by atoms with Crippen LogP contribution in [0.4, 0.5) is 0 Å². The Morgan fingerprint density at radius 2 is 2.00 bits per heavy atom. The molecular weight excluding hydrogens is 280 g/mol. The highest BCUT2D eigenvalue weighted by atomic mass is 32.2. The summed E-state index contributed by atoms with van der Waals surface area (Å²) >= 11 is 1.54. The van der Waals surface area contributed by atoms with Crippen molar-refractivity contribution in [3.05, 3.63) is 52.0 Å². The van der Waals surface area contributed by atoms with E-state index in [1.165, 1.54) is 5.56 Å². The van der Waals surface area contributed by atoms with Crippen LogP contribution < -0.4 is 4.72 Å². The minimum absolute atomic E-state index is 0.0925. The average Bonchev–Trinajstić information content (AvgIpc) is 2.86. The Hall–Kier alpha value is -1.24. The first-order valence-corrected chi connectivity index (χ1v) is 8.51. The highest BCUT2D eigenvalue weighted by Gasteiger charge is 2.08. The third-order valence-corrected chi connectivity index (χ3v) is 4.99. The van der Waals surface area contributed by atoms with Crippen LogP contribution in [-0.2, 0) is 23.0 Å². The smallest absolute Gasteiger partial charge is 0.211 e. The lowest BCUT2D eigenvalue weighted by Gasteiger charge is -2.00. The zero-order valence-electron chi connectivity index (χ0n) is 10.7. The van der Waals surface area contributed by atoms with Crippen molar-refractivity contribution in [2.45, 2.75) is 19.9 Å². The standard InChI is InChI=1S/C13H16N2O2S2/c1-2-19(16,17)15-10-13-14-9-12(18-13)8-11-6-4-3-5-7-11/h3-7,9,15H,2,8,10H2,1H3. The monoisotopic (exact) mass is 296 g/mol. The van der Waals surface area contributed by atoms with Crippen LogP contribution >= 0.6 is 11.3 Å². The lowest BCUT2D eigenvalue weighted by molar-refractivity contribution is 0.582. The number of nitrogens with zero attached hydrogens (tertiary/aromatic N) is 1. The lowest BCUT2D eigenvalue weighted by atomic mass is 10.1. The van der Waals surface area contributed by atoms with Gasteiger partial charge >= 0.3 is 0 Å². The van der Waals surface area contributed by atoms with Crippen LogP contribution in [0.5, 0.6) is 0 Å². The van der Waals surface area contributed by atoms with E-state index in [2.05, 4.69) is 21.8 Å². The van der Waals surface area contributed by atoms with Crippen molar-refractivity contribution >= 4 is 21.4 Å². The third kappa shape index (κ3) is 4.41. The summed E-state index contributed by atoms with van der Waals surface area (Å²) in [5.74, 6) is 0.0925. The number of aromatic nitrogens is 1. The molecule has 6 heteroatoms. The maximum absolute atomic E-state index is 11.3. The van der Waals surface area contributed by atoms with Crippen molar-refractivity contribution in [3.63, 3.8) is 0 Å². The van der Waals surface area contributed by atoms with Crippen molar-refractivity contribution in [2.24, 2.45) is 0 Å². The molecule has 1 heterocycles. The first-order valence-electron chi connectivity index (χ1n) is 6.04. The predicted octanol–water partition coefficient (Wildman–Crippen LogP) is 2.17. The molecule has 0 aliphatic heterocycles. The first-order chi connectivity index (χ1) is 9.09. The molecule has 0 radical (unpaired) electrons. The molecule has 0 spiro atoms. The molecule has 0 saturated carbocycles. The number of rotatable bonds is 6. The molecule has 0 aliphatic carbocycles. The molecule has 0 aliphatic rings. The fraction of sp³-hybridized carbons (Fsp3) is 0.308. The molecule has 1 N–H and O–H groups in total. The summed E-state index contributed by atoms with van der Waals surface area (Å²) in [6, 6.07) is 10.1. The summed E-state index contributed by atoms with van der Waals surface area (Å²) in [6.07, 6.45) is 2.65. The second kappa shape index (κ2) is 6.27. The summed E-state index contributed by atoms with van der Waals surface area (Å²) in [7, 11) is -3.15. The molecule has 0 atom stereocenters. The average molecular weight is 296 g/mol. The molecule has 0 amide bonds. The molecule has 0 saturated heterocycles. The molecule has 0 unspecified atom stereocenters. The van der Waals surface area contributed by atoms with Crippen LogP contribution in [0.15, 0.2) is 36.5 Å². The van der Waals surface area contributed by atoms with Crippen LogP contribution in [0.3, 0.4) is 0 Å². The summed E-state index contributed by atoms with van der Waals surface area (Å²) < 4.78 is 25.2. The number of hydrogen-bond donors (Lipinski definition) is 1. The zero-order valence-corrected chi connectivity index (χ0v) is 12.3. The first kappa shape index (κ1) is 14.2. The molecule has 19 heavy (non-hydrogen) atoms. The van der Waals surface area contributed by atoms with Crippen LogP contribution in [0.1, 0.15) is 22.4 Å². The zero-order chi connectivity index (χ0) is 13.7. The van der Waals surface area contributed by atoms with E-state index in [4.69, 9.17) is 0 Å². The molecule has 2 aromatic rings. The van der Waals surface area contributed by atoms with Crippen molar-refractivity contribution in [3.8, 4) is 0 Å². The van der Waals surface area contributed by atoms with E-state index < -0.39 is 10.0 Å². The Bertz CT molecular complexity index is 621. The highest BCUT2D eigenvalue weighted by Crippen LogP contribution is 2.17. The van der Waals surface area contributed by atoms with Crippen LogP contribution in [0.25, 0.3) is 0 Å². The molecule has 4 nitrogen and oxygen atoms in total. The van der Waals surface area contributed by atoms with Gasteiger partial charge in [-0.25, -0.2) is 18.1 Å². The van der Waals surface area contributed by atoms with Gasteiger partial charge in [-0.15, -0.1) is 11.3 Å². The Morgan fingerprint density at radius 1 is 1.26 bits per heavy atom. The molecule has 102 valence electrons. The summed E-state index contributed by atoms with van der Waals surface area (Å²) in [5.41, 5.74) is 1.23. The maximum Gasteiger partial charge on any atom is 0.211 e. The van der Waals surface area contributed by atoms with Gasteiger partial charge in [-0.2, -0.15) is 0 Å². The van der Waals surface area contributed by atoms with E-state index in [-0.39, 0.29) is 12.3 Å². The van der Waals surface area contributed by atoms with Crippen molar-refractivity contribution in [1.29, 1.82) is 0 Å². The lowest BCUT2D eigenvalue weighted by Crippen LogP contribution is -2.24. The second-order valence-corrected chi connectivity index (χ2v) is 7.40. The molecule has 0 fully saturated rings. The number of sulfonamides is 1. The Balaban J connectivity index is 1.96. The second-order valence-electron chi connectivity index (χ2n) is 4.11. The molecular formula is C13H16N2O2S2. The van der Waals surface area contributed by atoms with Gasteiger partial charge in [0.15, 0.2) is 0 Å². The summed E-state index contributed by atoms with van der Waals surface area (Å²) in [5, 5.41) is 0.794. The van der Waals surface area contributed by atoms with Crippen molar-refractivity contribution in [2.75, 3.05) is 5.75 Å². The Kier molecular flexibility index (Phi) is 4.68. The number of thiazole rings is 1. The highest BCUT2D eigenvalue weighted by molar-refractivity contribution is 7.89. The SMILES string of the molecule is CCS(=O)(=O)NCc1ncc(Cc2ccccc2)s1. The molecule has 2 rings (SSSR count). The van der Waals surface area contributed by atoms with E-state index in [0.29, 0.717) is 0 Å². The van der Waals surface area contributed by atoms with Crippen molar-refractivity contribution < 1.29 is 8.42 Å². The van der Waals surface area contributed by atoms with Gasteiger partial charge in [-0.1, -0.05) is 30.3 Å². The van der Waals surface area contributed by atoms with Crippen LogP contribution in [-0.4, -0.2) is 19.2 Å². The molecule has 0 bridgehead atoms. The van der Waals surface area contributed by atoms with Gasteiger partial charge in [0.2, 0.25) is 10.0 Å². The van der Waals surface area contributed by atoms with Gasteiger partial charge in [0.1, 0.15) is 5.01 Å². The topological polar surface area (TPSA) is 59.1 Å². The number of hydrogen-bond acceptors (Lipinski definition) is 4. The third-order valence-electron chi connectivity index (χ3n) is 2.65. The molecule has 1 aromatic heterocycles. The van der Waals surface area contributed by atoms with Gasteiger partial charge in [0.05, 0.1) is 12.3 Å². The van der Waals surface area contributed by atoms with Crippen LogP contribution in [0, 0.1) is 0 Å². The normalized spacial score (nSPS) is 11.6. The van der Waals surface area contributed by atoms with E-state index >= 15 is 0 Å². The predicted molar refractivity (Wildman–Crippen MR) is 77.7 cm³/mol. The Morgan fingerprint density at radius 3 is 2.68 bits per heavy atom. The molecule has 1 aromatic carbocycles. The van der Waals surface area contributed by atoms with Crippen LogP contribution in [0.2, 0.25) is 0 Å². The fourth-order valence-electron chi connectivity index (χ4n) is 1.58. The number of benzene rings is 1. The van der Waals surface area contributed by atoms with Gasteiger partial charge in [-0.3, -0.25) is 0 Å². The summed E-state index contributed by atoms with van der Waals surface area (Å²) in [4.78, 5) is 5.38. The van der Waals surface area contributed by atoms with E-state index in [1.807, 2.05) is 24.4 Å². The minimum atomic E-state index is -3.15. The summed E-state index contributed by atoms with van der Waals surface area (Å²) in [6.45, 7) is 1.89. The number of nitrogens with one attached hydrogen (secondary N) is 1. The minimum Gasteiger partial charge on any atom is -0.248 e. The van der Waals surface area contributed by atoms with Gasteiger partial charge < -0.3 is 0 Å². The fourth-order valence-corrected chi connectivity index (χ4v) is 3.13. The van der Waals surface area contributed by atoms with Gasteiger partial charge in [0, 0.05) is 17.5 Å². The van der Waals surface area contributed by atoms with Crippen molar-refractivity contribution in [1.82, 2.24) is 9.71 Å². The van der Waals surface area contributed by atoms with E-state index in [1.54, 1.807) is 18.3 Å². The largest absolute Gasteiger partial charge is 0.248 e. The van der Waals surface area contributed by atoms with E-state index in [9.17, 15) is 8.42 Å². The van der Waals surface area contributed by atoms with Gasteiger partial charge in [-0.05, 0) is 12.5 Å². The Labute approximate surface area is 117 Å². The quantitative estimate of drug-likeness (QED) is 0.889. The van der Waals surface area contributed by atoms with Gasteiger partial charge in [0.25, 0.3) is 0 Å². The maximum atomic E-state index is 11.3. The van der Waals surface area contributed by atoms with E-state index in [0.717, 1.165) is 16.3 Å².